The van der Waals surface area contributed by atoms with Crippen LogP contribution in [0.4, 0.5) is 0 Å². The van der Waals surface area contributed by atoms with Crippen molar-refractivity contribution < 1.29 is 0 Å². The van der Waals surface area contributed by atoms with E-state index >= 15 is 0 Å². The van der Waals surface area contributed by atoms with Crippen LogP contribution in [0, 0.1) is 11.8 Å². The molecule has 1 aliphatic carbocycles. The van der Waals surface area contributed by atoms with Crippen LogP contribution in [-0.2, 0) is 6.42 Å². The molecule has 1 aromatic heterocycles. The Labute approximate surface area is 98.1 Å². The van der Waals surface area contributed by atoms with Crippen molar-refractivity contribution in [3.05, 3.63) is 18.2 Å². The fourth-order valence-corrected chi connectivity index (χ4v) is 2.56. The van der Waals surface area contributed by atoms with Gasteiger partial charge in [-0.1, -0.05) is 13.8 Å². The van der Waals surface area contributed by atoms with E-state index in [1.165, 1.54) is 19.3 Å². The summed E-state index contributed by atoms with van der Waals surface area (Å²) < 4.78 is 0. The van der Waals surface area contributed by atoms with Crippen molar-refractivity contribution in [2.45, 2.75) is 45.6 Å². The SMILES string of the molecule is CC1CCC(NCCc2ncc[nH]2)CC1C. The zero-order valence-corrected chi connectivity index (χ0v) is 10.4. The molecule has 1 aliphatic rings. The predicted molar refractivity (Wildman–Crippen MR) is 66.3 cm³/mol. The fraction of sp³-hybridized carbons (Fsp3) is 0.769. The van der Waals surface area contributed by atoms with E-state index in [0.717, 1.165) is 36.7 Å². The molecule has 16 heavy (non-hydrogen) atoms. The van der Waals surface area contributed by atoms with E-state index in [1.54, 1.807) is 0 Å². The zero-order chi connectivity index (χ0) is 11.4. The van der Waals surface area contributed by atoms with Crippen LogP contribution >= 0.6 is 0 Å². The van der Waals surface area contributed by atoms with E-state index in [4.69, 9.17) is 0 Å². The first-order chi connectivity index (χ1) is 7.75. The van der Waals surface area contributed by atoms with Crippen LogP contribution < -0.4 is 5.32 Å². The van der Waals surface area contributed by atoms with Gasteiger partial charge in [-0.25, -0.2) is 4.98 Å². The van der Waals surface area contributed by atoms with Gasteiger partial charge < -0.3 is 10.3 Å². The third-order valence-corrected chi connectivity index (χ3v) is 3.95. The first-order valence-corrected chi connectivity index (χ1v) is 6.47. The Bertz CT molecular complexity index is 294. The van der Waals surface area contributed by atoms with Gasteiger partial charge in [-0.15, -0.1) is 0 Å². The average molecular weight is 221 g/mol. The molecular formula is C13H23N3. The third kappa shape index (κ3) is 3.08. The molecule has 1 saturated carbocycles. The van der Waals surface area contributed by atoms with Gasteiger partial charge in [0.2, 0.25) is 0 Å². The van der Waals surface area contributed by atoms with E-state index < -0.39 is 0 Å². The average Bonchev–Trinajstić information content (AvgIpc) is 2.76. The third-order valence-electron chi connectivity index (χ3n) is 3.95. The van der Waals surface area contributed by atoms with Crippen LogP contribution in [0.2, 0.25) is 0 Å². The van der Waals surface area contributed by atoms with Gasteiger partial charge >= 0.3 is 0 Å². The summed E-state index contributed by atoms with van der Waals surface area (Å²) in [5, 5.41) is 3.65. The number of nitrogens with one attached hydrogen (secondary N) is 2. The van der Waals surface area contributed by atoms with Gasteiger partial charge in [0.25, 0.3) is 0 Å². The molecule has 3 nitrogen and oxygen atoms in total. The molecule has 0 aliphatic heterocycles. The van der Waals surface area contributed by atoms with E-state index in [2.05, 4.69) is 29.1 Å². The lowest BCUT2D eigenvalue weighted by Gasteiger charge is -2.32. The van der Waals surface area contributed by atoms with Gasteiger partial charge in [0, 0.05) is 31.4 Å². The van der Waals surface area contributed by atoms with Crippen LogP contribution in [0.25, 0.3) is 0 Å². The number of rotatable bonds is 4. The highest BCUT2D eigenvalue weighted by Crippen LogP contribution is 2.29. The molecule has 0 aromatic carbocycles. The standard InChI is InChI=1S/C13H23N3/c1-10-3-4-12(9-11(10)2)14-6-5-13-15-7-8-16-13/h7-8,10-12,14H,3-6,9H2,1-2H3,(H,15,16). The number of aromatic nitrogens is 2. The van der Waals surface area contributed by atoms with Gasteiger partial charge in [0.15, 0.2) is 0 Å². The van der Waals surface area contributed by atoms with E-state index in [9.17, 15) is 0 Å². The quantitative estimate of drug-likeness (QED) is 0.819. The molecule has 0 saturated heterocycles. The van der Waals surface area contributed by atoms with Gasteiger partial charge in [0.1, 0.15) is 5.82 Å². The maximum atomic E-state index is 4.23. The van der Waals surface area contributed by atoms with Crippen LogP contribution in [0.3, 0.4) is 0 Å². The molecule has 90 valence electrons. The maximum absolute atomic E-state index is 4.23. The summed E-state index contributed by atoms with van der Waals surface area (Å²) in [5.74, 6) is 2.86. The second kappa shape index (κ2) is 5.48. The molecule has 0 amide bonds. The molecule has 0 radical (unpaired) electrons. The van der Waals surface area contributed by atoms with Crippen LogP contribution in [0.15, 0.2) is 12.4 Å². The Kier molecular flexibility index (Phi) is 3.99. The molecule has 0 spiro atoms. The van der Waals surface area contributed by atoms with Gasteiger partial charge in [-0.2, -0.15) is 0 Å². The van der Waals surface area contributed by atoms with Crippen molar-refractivity contribution in [2.75, 3.05) is 6.54 Å². The van der Waals surface area contributed by atoms with Gasteiger partial charge in [0.05, 0.1) is 0 Å². The minimum atomic E-state index is 0.723. The van der Waals surface area contributed by atoms with Crippen molar-refractivity contribution in [1.29, 1.82) is 0 Å². The molecule has 3 atom stereocenters. The number of H-pyrrole nitrogens is 1. The van der Waals surface area contributed by atoms with Crippen LogP contribution in [0.1, 0.15) is 38.9 Å². The molecule has 3 heteroatoms. The molecule has 2 rings (SSSR count). The molecule has 1 heterocycles. The summed E-state index contributed by atoms with van der Waals surface area (Å²) in [6.45, 7) is 5.80. The van der Waals surface area contributed by atoms with Crippen LogP contribution in [0.5, 0.6) is 0 Å². The molecule has 1 aromatic rings. The van der Waals surface area contributed by atoms with Crippen LogP contribution in [-0.4, -0.2) is 22.6 Å². The number of hydrogen-bond acceptors (Lipinski definition) is 2. The highest BCUT2D eigenvalue weighted by atomic mass is 14.9. The monoisotopic (exact) mass is 221 g/mol. The largest absolute Gasteiger partial charge is 0.349 e. The Hall–Kier alpha value is -0.830. The van der Waals surface area contributed by atoms with E-state index in [1.807, 2.05) is 12.4 Å². The second-order valence-corrected chi connectivity index (χ2v) is 5.20. The topological polar surface area (TPSA) is 40.7 Å². The maximum Gasteiger partial charge on any atom is 0.107 e. The summed E-state index contributed by atoms with van der Waals surface area (Å²) in [6, 6.07) is 0.723. The van der Waals surface area contributed by atoms with Crippen molar-refractivity contribution in [3.63, 3.8) is 0 Å². The Morgan fingerprint density at radius 2 is 2.25 bits per heavy atom. The lowest BCUT2D eigenvalue weighted by Crippen LogP contribution is -2.37. The minimum Gasteiger partial charge on any atom is -0.349 e. The van der Waals surface area contributed by atoms with Crippen molar-refractivity contribution >= 4 is 0 Å². The molecule has 2 N–H and O–H groups in total. The lowest BCUT2D eigenvalue weighted by atomic mass is 9.79. The van der Waals surface area contributed by atoms with Crippen molar-refractivity contribution in [2.24, 2.45) is 11.8 Å². The molecular weight excluding hydrogens is 198 g/mol. The second-order valence-electron chi connectivity index (χ2n) is 5.20. The predicted octanol–water partition coefficient (Wildman–Crippen LogP) is 2.37. The zero-order valence-electron chi connectivity index (χ0n) is 10.4. The Morgan fingerprint density at radius 1 is 1.38 bits per heavy atom. The van der Waals surface area contributed by atoms with Gasteiger partial charge in [-0.3, -0.25) is 0 Å². The summed E-state index contributed by atoms with van der Waals surface area (Å²) in [7, 11) is 0. The Balaban J connectivity index is 1.67. The smallest absolute Gasteiger partial charge is 0.107 e. The number of aromatic amines is 1. The molecule has 1 fully saturated rings. The molecule has 3 unspecified atom stereocenters. The highest BCUT2D eigenvalue weighted by molar-refractivity contribution is 4.88. The lowest BCUT2D eigenvalue weighted by molar-refractivity contribution is 0.227. The van der Waals surface area contributed by atoms with E-state index in [-0.39, 0.29) is 0 Å². The summed E-state index contributed by atoms with van der Waals surface area (Å²) >= 11 is 0. The molecule has 0 bridgehead atoms. The van der Waals surface area contributed by atoms with E-state index in [0.29, 0.717) is 0 Å². The fourth-order valence-electron chi connectivity index (χ4n) is 2.56. The van der Waals surface area contributed by atoms with Crippen molar-refractivity contribution in [1.82, 2.24) is 15.3 Å². The summed E-state index contributed by atoms with van der Waals surface area (Å²) in [5.41, 5.74) is 0. The number of imidazole rings is 1. The highest BCUT2D eigenvalue weighted by Gasteiger charge is 2.23. The minimum absolute atomic E-state index is 0.723. The Morgan fingerprint density at radius 3 is 2.94 bits per heavy atom. The van der Waals surface area contributed by atoms with Gasteiger partial charge in [-0.05, 0) is 31.1 Å². The summed E-state index contributed by atoms with van der Waals surface area (Å²) in [6.07, 6.45) is 8.76. The van der Waals surface area contributed by atoms with Crippen molar-refractivity contribution in [3.8, 4) is 0 Å². The normalized spacial score (nSPS) is 30.5. The first kappa shape index (κ1) is 11.6. The summed E-state index contributed by atoms with van der Waals surface area (Å²) in [4.78, 5) is 7.37. The number of nitrogens with zero attached hydrogens (tertiary/aromatic N) is 1. The first-order valence-electron chi connectivity index (χ1n) is 6.47. The number of hydrogen-bond donors (Lipinski definition) is 2.